The van der Waals surface area contributed by atoms with Gasteiger partial charge in [-0.2, -0.15) is 0 Å². The number of Topliss-reactive ketones (excluding diaryl/α,β-unsaturated/α-hetero) is 1. The minimum Gasteiger partial charge on any atom is -0.503 e. The Morgan fingerprint density at radius 1 is 1.16 bits per heavy atom. The predicted molar refractivity (Wildman–Crippen MR) is 115 cm³/mol. The zero-order valence-corrected chi connectivity index (χ0v) is 17.8. The average molecular weight is 423 g/mol. The lowest BCUT2D eigenvalue weighted by Crippen LogP contribution is -2.31. The molecule has 7 heteroatoms. The SMILES string of the molecule is COc1cccc(C2C(C(=O)CC(C)C)=C(O)C(=O)N2c2ccc3c(c2)OCCO3)c1. The van der Waals surface area contributed by atoms with E-state index in [-0.39, 0.29) is 23.7 Å². The summed E-state index contributed by atoms with van der Waals surface area (Å²) in [7, 11) is 1.55. The third kappa shape index (κ3) is 3.83. The number of hydrogen-bond acceptors (Lipinski definition) is 6. The molecule has 1 N–H and O–H groups in total. The number of fused-ring (bicyclic) bond motifs is 1. The summed E-state index contributed by atoms with van der Waals surface area (Å²) in [4.78, 5) is 27.7. The second-order valence-corrected chi connectivity index (χ2v) is 7.97. The molecule has 0 saturated heterocycles. The van der Waals surface area contributed by atoms with E-state index in [1.807, 2.05) is 19.9 Å². The highest BCUT2D eigenvalue weighted by Crippen LogP contribution is 2.44. The van der Waals surface area contributed by atoms with Gasteiger partial charge in [-0.25, -0.2) is 0 Å². The fourth-order valence-corrected chi connectivity index (χ4v) is 3.95. The molecular weight excluding hydrogens is 398 g/mol. The van der Waals surface area contributed by atoms with Gasteiger partial charge in [0, 0.05) is 18.2 Å². The van der Waals surface area contributed by atoms with E-state index in [1.165, 1.54) is 4.90 Å². The Balaban J connectivity index is 1.83. The number of benzene rings is 2. The maximum atomic E-state index is 13.2. The van der Waals surface area contributed by atoms with Crippen LogP contribution < -0.4 is 19.1 Å². The standard InChI is InChI=1S/C24H25NO6/c1-14(2)11-18(26)21-22(15-5-4-6-17(12-15)29-3)25(24(28)23(21)27)16-7-8-19-20(13-16)31-10-9-30-19/h4-8,12-14,22,27H,9-11H2,1-3H3. The second-order valence-electron chi connectivity index (χ2n) is 7.97. The highest BCUT2D eigenvalue weighted by molar-refractivity contribution is 6.16. The molecule has 4 rings (SSSR count). The number of ketones is 1. The number of hydrogen-bond donors (Lipinski definition) is 1. The van der Waals surface area contributed by atoms with E-state index in [0.29, 0.717) is 41.7 Å². The fraction of sp³-hybridized carbons (Fsp3) is 0.333. The lowest BCUT2D eigenvalue weighted by molar-refractivity contribution is -0.118. The molecule has 0 aromatic heterocycles. The van der Waals surface area contributed by atoms with Crippen LogP contribution in [0.1, 0.15) is 31.9 Å². The number of nitrogens with zero attached hydrogens (tertiary/aromatic N) is 1. The Kier molecular flexibility index (Phi) is 5.59. The van der Waals surface area contributed by atoms with Crippen molar-refractivity contribution in [1.29, 1.82) is 0 Å². The number of carbonyl (C=O) groups excluding carboxylic acids is 2. The highest BCUT2D eigenvalue weighted by Gasteiger charge is 2.44. The van der Waals surface area contributed by atoms with Crippen LogP contribution in [0.15, 0.2) is 53.8 Å². The summed E-state index contributed by atoms with van der Waals surface area (Å²) in [5.74, 6) is 0.375. The molecule has 2 aromatic carbocycles. The van der Waals surface area contributed by atoms with Crippen molar-refractivity contribution < 1.29 is 28.9 Å². The third-order valence-electron chi connectivity index (χ3n) is 5.32. The molecule has 0 radical (unpaired) electrons. The van der Waals surface area contributed by atoms with Crippen LogP contribution in [0.2, 0.25) is 0 Å². The van der Waals surface area contributed by atoms with E-state index in [1.54, 1.807) is 43.5 Å². The van der Waals surface area contributed by atoms with Gasteiger partial charge in [-0.3, -0.25) is 14.5 Å². The number of aliphatic hydroxyl groups excluding tert-OH is 1. The molecular formula is C24H25NO6. The van der Waals surface area contributed by atoms with Crippen molar-refractivity contribution in [3.63, 3.8) is 0 Å². The van der Waals surface area contributed by atoms with E-state index < -0.39 is 17.7 Å². The van der Waals surface area contributed by atoms with Gasteiger partial charge < -0.3 is 19.3 Å². The van der Waals surface area contributed by atoms with E-state index in [9.17, 15) is 14.7 Å². The summed E-state index contributed by atoms with van der Waals surface area (Å²) in [5, 5.41) is 10.7. The molecule has 1 amide bonds. The van der Waals surface area contributed by atoms with Gasteiger partial charge >= 0.3 is 0 Å². The summed E-state index contributed by atoms with van der Waals surface area (Å²) in [6.45, 7) is 4.71. The van der Waals surface area contributed by atoms with Crippen LogP contribution in [0.25, 0.3) is 0 Å². The zero-order chi connectivity index (χ0) is 22.1. The van der Waals surface area contributed by atoms with Crippen molar-refractivity contribution in [2.24, 2.45) is 5.92 Å². The summed E-state index contributed by atoms with van der Waals surface area (Å²) >= 11 is 0. The van der Waals surface area contributed by atoms with E-state index in [2.05, 4.69) is 0 Å². The average Bonchev–Trinajstić information content (AvgIpc) is 3.03. The van der Waals surface area contributed by atoms with Gasteiger partial charge in [-0.15, -0.1) is 0 Å². The molecule has 2 heterocycles. The molecule has 2 aliphatic rings. The van der Waals surface area contributed by atoms with Crippen LogP contribution in [0.5, 0.6) is 17.2 Å². The first kappa shape index (κ1) is 20.8. The molecule has 2 aromatic rings. The number of ether oxygens (including phenoxy) is 3. The van der Waals surface area contributed by atoms with Crippen LogP contribution in [0.4, 0.5) is 5.69 Å². The Labute approximate surface area is 180 Å². The molecule has 1 atom stereocenters. The molecule has 0 saturated carbocycles. The number of carbonyl (C=O) groups is 2. The third-order valence-corrected chi connectivity index (χ3v) is 5.32. The minimum atomic E-state index is -0.781. The largest absolute Gasteiger partial charge is 0.503 e. The van der Waals surface area contributed by atoms with Crippen molar-refractivity contribution in [2.75, 3.05) is 25.2 Å². The Morgan fingerprint density at radius 3 is 2.61 bits per heavy atom. The number of methoxy groups -OCH3 is 1. The van der Waals surface area contributed by atoms with Crippen molar-refractivity contribution >= 4 is 17.4 Å². The van der Waals surface area contributed by atoms with Gasteiger partial charge in [0.05, 0.1) is 18.7 Å². The number of rotatable bonds is 6. The summed E-state index contributed by atoms with van der Waals surface area (Å²) in [6, 6.07) is 11.5. The molecule has 162 valence electrons. The molecule has 0 aliphatic carbocycles. The van der Waals surface area contributed by atoms with Crippen molar-refractivity contribution in [3.8, 4) is 17.2 Å². The van der Waals surface area contributed by atoms with Gasteiger partial charge in [0.25, 0.3) is 5.91 Å². The quantitative estimate of drug-likeness (QED) is 0.756. The van der Waals surface area contributed by atoms with Gasteiger partial charge in [-0.05, 0) is 35.7 Å². The summed E-state index contributed by atoms with van der Waals surface area (Å²) in [6.07, 6.45) is 0.224. The molecule has 2 aliphatic heterocycles. The maximum Gasteiger partial charge on any atom is 0.294 e. The van der Waals surface area contributed by atoms with E-state index in [4.69, 9.17) is 14.2 Å². The van der Waals surface area contributed by atoms with Crippen LogP contribution in [0, 0.1) is 5.92 Å². The lowest BCUT2D eigenvalue weighted by atomic mass is 9.92. The van der Waals surface area contributed by atoms with Crippen LogP contribution in [-0.4, -0.2) is 37.1 Å². The fourth-order valence-electron chi connectivity index (χ4n) is 3.95. The molecule has 0 spiro atoms. The zero-order valence-electron chi connectivity index (χ0n) is 17.8. The number of anilines is 1. The van der Waals surface area contributed by atoms with Crippen LogP contribution in [-0.2, 0) is 9.59 Å². The van der Waals surface area contributed by atoms with E-state index in [0.717, 1.165) is 0 Å². The minimum absolute atomic E-state index is 0.0807. The first-order valence-electron chi connectivity index (χ1n) is 10.2. The molecule has 0 fully saturated rings. The molecule has 1 unspecified atom stereocenters. The van der Waals surface area contributed by atoms with Crippen LogP contribution >= 0.6 is 0 Å². The summed E-state index contributed by atoms with van der Waals surface area (Å²) < 4.78 is 16.6. The predicted octanol–water partition coefficient (Wildman–Crippen LogP) is 3.98. The number of aliphatic hydroxyl groups is 1. The molecule has 0 bridgehead atoms. The van der Waals surface area contributed by atoms with Gasteiger partial charge in [0.15, 0.2) is 23.0 Å². The van der Waals surface area contributed by atoms with Crippen LogP contribution in [0.3, 0.4) is 0 Å². The molecule has 7 nitrogen and oxygen atoms in total. The first-order valence-corrected chi connectivity index (χ1v) is 10.2. The van der Waals surface area contributed by atoms with Crippen molar-refractivity contribution in [2.45, 2.75) is 26.3 Å². The monoisotopic (exact) mass is 423 g/mol. The van der Waals surface area contributed by atoms with Gasteiger partial charge in [-0.1, -0.05) is 26.0 Å². The smallest absolute Gasteiger partial charge is 0.294 e. The Hall–Kier alpha value is -3.48. The van der Waals surface area contributed by atoms with Crippen molar-refractivity contribution in [3.05, 3.63) is 59.4 Å². The highest BCUT2D eigenvalue weighted by atomic mass is 16.6. The number of amides is 1. The van der Waals surface area contributed by atoms with E-state index >= 15 is 0 Å². The van der Waals surface area contributed by atoms with Gasteiger partial charge in [0.2, 0.25) is 0 Å². The first-order chi connectivity index (χ1) is 14.9. The maximum absolute atomic E-state index is 13.2. The topological polar surface area (TPSA) is 85.3 Å². The molecule has 31 heavy (non-hydrogen) atoms. The normalized spacial score (nSPS) is 18.0. The second kappa shape index (κ2) is 8.34. The Bertz CT molecular complexity index is 1060. The Morgan fingerprint density at radius 2 is 1.90 bits per heavy atom. The van der Waals surface area contributed by atoms with Crippen molar-refractivity contribution in [1.82, 2.24) is 0 Å². The lowest BCUT2D eigenvalue weighted by Gasteiger charge is -2.28. The van der Waals surface area contributed by atoms with Gasteiger partial charge in [0.1, 0.15) is 19.0 Å². The summed E-state index contributed by atoms with van der Waals surface area (Å²) in [5.41, 5.74) is 1.27.